The lowest BCUT2D eigenvalue weighted by Gasteiger charge is -2.57. The van der Waals surface area contributed by atoms with Gasteiger partial charge in [0.05, 0.1) is 12.2 Å². The van der Waals surface area contributed by atoms with Crippen LogP contribution in [0.15, 0.2) is 0 Å². The summed E-state index contributed by atoms with van der Waals surface area (Å²) in [6.45, 7) is 6.04. The molecule has 3 unspecified atom stereocenters. The molecule has 3 atom stereocenters. The molecule has 1 aliphatic carbocycles. The molecule has 0 bridgehead atoms. The Kier molecular flexibility index (Phi) is 4.48. The van der Waals surface area contributed by atoms with E-state index in [2.05, 4.69) is 0 Å². The van der Waals surface area contributed by atoms with Gasteiger partial charge in [0.2, 0.25) is 0 Å². The molecule has 19 heavy (non-hydrogen) atoms. The van der Waals surface area contributed by atoms with Gasteiger partial charge in [-0.1, -0.05) is 6.92 Å². The average molecular weight is 271 g/mol. The molecule has 1 aliphatic heterocycles. The van der Waals surface area contributed by atoms with E-state index >= 15 is 0 Å². The quantitative estimate of drug-likeness (QED) is 0.783. The summed E-state index contributed by atoms with van der Waals surface area (Å²) < 4.78 is 5.72. The summed E-state index contributed by atoms with van der Waals surface area (Å²) >= 11 is 0. The predicted molar refractivity (Wildman–Crippen MR) is 71.0 cm³/mol. The fourth-order valence-corrected chi connectivity index (χ4v) is 3.66. The van der Waals surface area contributed by atoms with Gasteiger partial charge in [0.25, 0.3) is 0 Å². The van der Waals surface area contributed by atoms with E-state index in [-0.39, 0.29) is 23.7 Å². The van der Waals surface area contributed by atoms with Crippen LogP contribution in [0.3, 0.4) is 0 Å². The maximum Gasteiger partial charge on any atom is 0.320 e. The highest BCUT2D eigenvalue weighted by atomic mass is 16.5. The normalized spacial score (nSPS) is 31.9. The third-order valence-electron chi connectivity index (χ3n) is 4.95. The van der Waals surface area contributed by atoms with Crippen molar-refractivity contribution in [1.82, 2.24) is 4.90 Å². The minimum atomic E-state index is -0.742. The topological polar surface area (TPSA) is 70.0 Å². The molecule has 2 rings (SSSR count). The zero-order valence-electron chi connectivity index (χ0n) is 11.8. The number of hydrogen-bond acceptors (Lipinski definition) is 4. The number of hydrogen-bond donors (Lipinski definition) is 2. The molecule has 1 spiro atoms. The van der Waals surface area contributed by atoms with Crippen molar-refractivity contribution in [2.24, 2.45) is 5.41 Å². The first-order valence-electron chi connectivity index (χ1n) is 7.31. The maximum atomic E-state index is 11.2. The van der Waals surface area contributed by atoms with Gasteiger partial charge >= 0.3 is 5.97 Å². The van der Waals surface area contributed by atoms with E-state index in [0.717, 1.165) is 32.4 Å². The molecule has 1 saturated heterocycles. The molecule has 2 fully saturated rings. The number of ether oxygens (including phenoxy) is 1. The molecule has 2 N–H and O–H groups in total. The van der Waals surface area contributed by atoms with Crippen LogP contribution in [0.1, 0.15) is 39.5 Å². The number of carboxylic acids is 1. The van der Waals surface area contributed by atoms with Gasteiger partial charge in [-0.3, -0.25) is 9.69 Å². The van der Waals surface area contributed by atoms with E-state index < -0.39 is 5.97 Å². The van der Waals surface area contributed by atoms with Crippen LogP contribution < -0.4 is 0 Å². The Balaban J connectivity index is 1.96. The van der Waals surface area contributed by atoms with Crippen LogP contribution in [-0.2, 0) is 9.53 Å². The van der Waals surface area contributed by atoms with Gasteiger partial charge in [0.15, 0.2) is 0 Å². The fourth-order valence-electron chi connectivity index (χ4n) is 3.66. The Hall–Kier alpha value is -0.650. The predicted octanol–water partition coefficient (Wildman–Crippen LogP) is 1.10. The minimum absolute atomic E-state index is 0.122. The van der Waals surface area contributed by atoms with E-state index in [1.165, 1.54) is 0 Å². The van der Waals surface area contributed by atoms with Crippen molar-refractivity contribution in [1.29, 1.82) is 0 Å². The van der Waals surface area contributed by atoms with Crippen molar-refractivity contribution in [2.45, 2.75) is 57.8 Å². The number of aliphatic hydroxyl groups excluding tert-OH is 1. The first-order valence-corrected chi connectivity index (χ1v) is 7.31. The van der Waals surface area contributed by atoms with E-state index in [9.17, 15) is 15.0 Å². The summed E-state index contributed by atoms with van der Waals surface area (Å²) in [6, 6.07) is -0.389. The molecule has 0 aromatic rings. The lowest BCUT2D eigenvalue weighted by Crippen LogP contribution is -2.63. The number of piperidine rings is 1. The Bertz CT molecular complexity index is 323. The van der Waals surface area contributed by atoms with Crippen LogP contribution >= 0.6 is 0 Å². The van der Waals surface area contributed by atoms with E-state index in [0.29, 0.717) is 13.0 Å². The molecule has 1 heterocycles. The summed E-state index contributed by atoms with van der Waals surface area (Å²) in [5, 5.41) is 19.3. The Morgan fingerprint density at radius 2 is 2.05 bits per heavy atom. The number of rotatable bonds is 5. The molecule has 0 aromatic heterocycles. The lowest BCUT2D eigenvalue weighted by atomic mass is 9.58. The highest BCUT2D eigenvalue weighted by Gasteiger charge is 2.56. The van der Waals surface area contributed by atoms with E-state index in [1.54, 1.807) is 0 Å². The Morgan fingerprint density at radius 3 is 2.47 bits per heavy atom. The van der Waals surface area contributed by atoms with Gasteiger partial charge in [-0.2, -0.15) is 0 Å². The molecule has 5 nitrogen and oxygen atoms in total. The second-order valence-electron chi connectivity index (χ2n) is 5.73. The zero-order valence-corrected chi connectivity index (χ0v) is 11.8. The standard InChI is InChI=1S/C14H25NO4/c1-3-10(13(17)18)15-7-5-14(6-8-15)11(16)9-12(14)19-4-2/h10-12,16H,3-9H2,1-2H3,(H,17,18). The number of carbonyl (C=O) groups is 1. The number of nitrogens with zero attached hydrogens (tertiary/aromatic N) is 1. The van der Waals surface area contributed by atoms with Crippen LogP contribution in [0.2, 0.25) is 0 Å². The van der Waals surface area contributed by atoms with Crippen molar-refractivity contribution >= 4 is 5.97 Å². The first kappa shape index (κ1) is 14.8. The van der Waals surface area contributed by atoms with Crippen molar-refractivity contribution < 1.29 is 19.7 Å². The second-order valence-corrected chi connectivity index (χ2v) is 5.73. The number of likely N-dealkylation sites (tertiary alicyclic amines) is 1. The fraction of sp³-hybridized carbons (Fsp3) is 0.929. The number of carboxylic acid groups (broad SMARTS) is 1. The van der Waals surface area contributed by atoms with Gasteiger partial charge < -0.3 is 14.9 Å². The Morgan fingerprint density at radius 1 is 1.42 bits per heavy atom. The number of aliphatic carboxylic acids is 1. The van der Waals surface area contributed by atoms with Crippen LogP contribution in [0.25, 0.3) is 0 Å². The van der Waals surface area contributed by atoms with Crippen molar-refractivity contribution in [3.8, 4) is 0 Å². The summed E-state index contributed by atoms with van der Waals surface area (Å²) in [6.07, 6.45) is 2.89. The molecule has 2 aliphatic rings. The van der Waals surface area contributed by atoms with Gasteiger partial charge in [0.1, 0.15) is 6.04 Å². The van der Waals surface area contributed by atoms with Gasteiger partial charge in [-0.25, -0.2) is 0 Å². The van der Waals surface area contributed by atoms with E-state index in [4.69, 9.17) is 4.74 Å². The minimum Gasteiger partial charge on any atom is -0.480 e. The molecule has 0 amide bonds. The molecule has 0 aromatic carbocycles. The summed E-state index contributed by atoms with van der Waals surface area (Å²) in [5.74, 6) is -0.742. The molecule has 1 saturated carbocycles. The van der Waals surface area contributed by atoms with Gasteiger partial charge in [-0.15, -0.1) is 0 Å². The smallest absolute Gasteiger partial charge is 0.320 e. The van der Waals surface area contributed by atoms with Crippen LogP contribution in [0.5, 0.6) is 0 Å². The highest BCUT2D eigenvalue weighted by Crippen LogP contribution is 2.51. The zero-order chi connectivity index (χ0) is 14.0. The summed E-state index contributed by atoms with van der Waals surface area (Å²) in [5.41, 5.74) is -0.122. The van der Waals surface area contributed by atoms with E-state index in [1.807, 2.05) is 18.7 Å². The van der Waals surface area contributed by atoms with Crippen LogP contribution in [-0.4, -0.2) is 59.0 Å². The molecular formula is C14H25NO4. The first-order chi connectivity index (χ1) is 9.05. The maximum absolute atomic E-state index is 11.2. The van der Waals surface area contributed by atoms with Crippen molar-refractivity contribution in [3.63, 3.8) is 0 Å². The third-order valence-corrected chi connectivity index (χ3v) is 4.95. The van der Waals surface area contributed by atoms with Crippen LogP contribution in [0, 0.1) is 5.41 Å². The molecular weight excluding hydrogens is 246 g/mol. The Labute approximate surface area is 114 Å². The SMILES string of the molecule is CCOC1CC(O)C12CCN(C(CC)C(=O)O)CC2. The number of aliphatic hydroxyl groups is 1. The summed E-state index contributed by atoms with van der Waals surface area (Å²) in [7, 11) is 0. The average Bonchev–Trinajstić information content (AvgIpc) is 2.40. The third kappa shape index (κ3) is 2.51. The van der Waals surface area contributed by atoms with Crippen molar-refractivity contribution in [2.75, 3.05) is 19.7 Å². The monoisotopic (exact) mass is 271 g/mol. The van der Waals surface area contributed by atoms with Gasteiger partial charge in [-0.05, 0) is 39.3 Å². The van der Waals surface area contributed by atoms with Crippen molar-refractivity contribution in [3.05, 3.63) is 0 Å². The van der Waals surface area contributed by atoms with Gasteiger partial charge in [0, 0.05) is 18.4 Å². The highest BCUT2D eigenvalue weighted by molar-refractivity contribution is 5.73. The molecule has 5 heteroatoms. The molecule has 110 valence electrons. The lowest BCUT2D eigenvalue weighted by molar-refractivity contribution is -0.211. The van der Waals surface area contributed by atoms with Crippen LogP contribution in [0.4, 0.5) is 0 Å². The largest absolute Gasteiger partial charge is 0.480 e. The second kappa shape index (κ2) is 5.77. The summed E-state index contributed by atoms with van der Waals surface area (Å²) in [4.78, 5) is 13.2. The molecule has 0 radical (unpaired) electrons.